The van der Waals surface area contributed by atoms with E-state index >= 15 is 0 Å². The maximum atomic E-state index is 10.7. The Kier molecular flexibility index (Phi) is 3.11. The lowest BCUT2D eigenvalue weighted by Crippen LogP contribution is -2.34. The third-order valence-electron chi connectivity index (χ3n) is 4.36. The van der Waals surface area contributed by atoms with Gasteiger partial charge < -0.3 is 9.52 Å². The number of aliphatic hydroxyl groups excluding tert-OH is 1. The van der Waals surface area contributed by atoms with Crippen molar-refractivity contribution < 1.29 is 9.52 Å². The van der Waals surface area contributed by atoms with Crippen LogP contribution in [0.25, 0.3) is 0 Å². The van der Waals surface area contributed by atoms with Gasteiger partial charge in [-0.15, -0.1) is 0 Å². The Bertz CT molecular complexity index is 668. The van der Waals surface area contributed by atoms with Gasteiger partial charge in [0.25, 0.3) is 0 Å². The zero-order chi connectivity index (χ0) is 14.2. The highest BCUT2D eigenvalue weighted by molar-refractivity contribution is 5.35. The van der Waals surface area contributed by atoms with E-state index in [1.807, 2.05) is 31.2 Å². The van der Waals surface area contributed by atoms with Gasteiger partial charge in [0, 0.05) is 0 Å². The normalized spacial score (nSPS) is 22.9. The summed E-state index contributed by atoms with van der Waals surface area (Å²) < 4.78 is 5.39. The van der Waals surface area contributed by atoms with Gasteiger partial charge in [0.2, 0.25) is 0 Å². The summed E-state index contributed by atoms with van der Waals surface area (Å²) in [6.07, 6.45) is 2.73. The Morgan fingerprint density at radius 2 is 2.05 bits per heavy atom. The molecule has 2 aromatic rings. The number of nitriles is 1. The van der Waals surface area contributed by atoms with Crippen LogP contribution in [0.15, 0.2) is 41.0 Å². The van der Waals surface area contributed by atoms with Gasteiger partial charge in [-0.05, 0) is 48.9 Å². The van der Waals surface area contributed by atoms with Gasteiger partial charge in [0.15, 0.2) is 0 Å². The van der Waals surface area contributed by atoms with Crippen molar-refractivity contribution in [2.24, 2.45) is 5.41 Å². The van der Waals surface area contributed by atoms with Crippen molar-refractivity contribution in [1.82, 2.24) is 0 Å². The van der Waals surface area contributed by atoms with E-state index in [0.717, 1.165) is 17.5 Å². The first-order valence-electron chi connectivity index (χ1n) is 6.86. The van der Waals surface area contributed by atoms with E-state index in [9.17, 15) is 10.4 Å². The number of rotatable bonds is 2. The van der Waals surface area contributed by atoms with E-state index in [1.54, 1.807) is 6.26 Å². The highest BCUT2D eigenvalue weighted by atomic mass is 16.4. The molecule has 3 rings (SSSR count). The van der Waals surface area contributed by atoms with Crippen LogP contribution in [0.1, 0.15) is 35.0 Å². The molecule has 0 bridgehead atoms. The van der Waals surface area contributed by atoms with Gasteiger partial charge in [-0.25, -0.2) is 0 Å². The van der Waals surface area contributed by atoms with Gasteiger partial charge in [-0.1, -0.05) is 24.3 Å². The maximum Gasteiger partial charge on any atom is 0.136 e. The SMILES string of the molecule is Cc1ccoc1C(O)C1(C#N)CCc2ccccc2C1. The zero-order valence-electron chi connectivity index (χ0n) is 11.5. The molecule has 0 amide bonds. The van der Waals surface area contributed by atoms with E-state index < -0.39 is 11.5 Å². The molecule has 3 heteroatoms. The molecule has 0 fully saturated rings. The van der Waals surface area contributed by atoms with Crippen LogP contribution in [0, 0.1) is 23.7 Å². The lowest BCUT2D eigenvalue weighted by Gasteiger charge is -2.35. The number of hydrogen-bond acceptors (Lipinski definition) is 3. The molecule has 0 radical (unpaired) electrons. The third-order valence-corrected chi connectivity index (χ3v) is 4.36. The van der Waals surface area contributed by atoms with Crippen molar-refractivity contribution in [2.75, 3.05) is 0 Å². The lowest BCUT2D eigenvalue weighted by molar-refractivity contribution is 0.0340. The summed E-state index contributed by atoms with van der Waals surface area (Å²) >= 11 is 0. The Morgan fingerprint density at radius 1 is 1.30 bits per heavy atom. The number of aryl methyl sites for hydroxylation is 2. The summed E-state index contributed by atoms with van der Waals surface area (Å²) in [6.45, 7) is 1.89. The average molecular weight is 267 g/mol. The molecule has 1 heterocycles. The molecule has 1 aromatic carbocycles. The van der Waals surface area contributed by atoms with Gasteiger partial charge in [-0.3, -0.25) is 0 Å². The summed E-state index contributed by atoms with van der Waals surface area (Å²) in [5.74, 6) is 0.519. The van der Waals surface area contributed by atoms with Crippen molar-refractivity contribution in [3.63, 3.8) is 0 Å². The molecule has 1 aliphatic rings. The molecule has 0 aliphatic heterocycles. The minimum atomic E-state index is -0.879. The van der Waals surface area contributed by atoms with E-state index in [4.69, 9.17) is 4.42 Å². The van der Waals surface area contributed by atoms with Crippen LogP contribution in [-0.2, 0) is 12.8 Å². The van der Waals surface area contributed by atoms with Crippen LogP contribution in [-0.4, -0.2) is 5.11 Å². The Morgan fingerprint density at radius 3 is 2.70 bits per heavy atom. The van der Waals surface area contributed by atoms with E-state index in [2.05, 4.69) is 12.1 Å². The maximum absolute atomic E-state index is 10.7. The molecule has 1 aromatic heterocycles. The largest absolute Gasteiger partial charge is 0.466 e. The Balaban J connectivity index is 1.99. The summed E-state index contributed by atoms with van der Waals surface area (Å²) in [6, 6.07) is 12.3. The summed E-state index contributed by atoms with van der Waals surface area (Å²) in [4.78, 5) is 0. The molecule has 0 spiro atoms. The molecule has 1 aliphatic carbocycles. The Labute approximate surface area is 118 Å². The monoisotopic (exact) mass is 267 g/mol. The lowest BCUT2D eigenvalue weighted by atomic mass is 9.68. The molecule has 102 valence electrons. The first-order chi connectivity index (χ1) is 9.66. The summed E-state index contributed by atoms with van der Waals surface area (Å²) in [5.41, 5.74) is 2.54. The van der Waals surface area contributed by atoms with Crippen LogP contribution in [0.3, 0.4) is 0 Å². The van der Waals surface area contributed by atoms with Crippen molar-refractivity contribution in [3.05, 3.63) is 59.0 Å². The molecule has 3 nitrogen and oxygen atoms in total. The van der Waals surface area contributed by atoms with E-state index in [1.165, 1.54) is 5.56 Å². The van der Waals surface area contributed by atoms with Gasteiger partial charge in [0.1, 0.15) is 11.9 Å². The van der Waals surface area contributed by atoms with Crippen LogP contribution < -0.4 is 0 Å². The van der Waals surface area contributed by atoms with Gasteiger partial charge in [0.05, 0.1) is 17.7 Å². The van der Waals surface area contributed by atoms with Crippen LogP contribution in [0.5, 0.6) is 0 Å². The Hall–Kier alpha value is -2.05. The summed E-state index contributed by atoms with van der Waals surface area (Å²) in [7, 11) is 0. The molecule has 20 heavy (non-hydrogen) atoms. The van der Waals surface area contributed by atoms with Crippen LogP contribution in [0.4, 0.5) is 0 Å². The topological polar surface area (TPSA) is 57.2 Å². The quantitative estimate of drug-likeness (QED) is 0.908. The predicted octanol–water partition coefficient (Wildman–Crippen LogP) is 3.32. The second kappa shape index (κ2) is 4.81. The van der Waals surface area contributed by atoms with Crippen molar-refractivity contribution >= 4 is 0 Å². The zero-order valence-corrected chi connectivity index (χ0v) is 11.5. The van der Waals surface area contributed by atoms with Gasteiger partial charge >= 0.3 is 0 Å². The second-order valence-electron chi connectivity index (χ2n) is 5.58. The number of furan rings is 1. The predicted molar refractivity (Wildman–Crippen MR) is 74.9 cm³/mol. The molecule has 2 unspecified atom stereocenters. The first kappa shape index (κ1) is 13.0. The number of fused-ring (bicyclic) bond motifs is 1. The van der Waals surface area contributed by atoms with Crippen LogP contribution >= 0.6 is 0 Å². The molecule has 2 atom stereocenters. The van der Waals surface area contributed by atoms with E-state index in [-0.39, 0.29) is 0 Å². The van der Waals surface area contributed by atoms with E-state index in [0.29, 0.717) is 18.6 Å². The van der Waals surface area contributed by atoms with Crippen molar-refractivity contribution in [2.45, 2.75) is 32.3 Å². The number of nitrogens with zero attached hydrogens (tertiary/aromatic N) is 1. The highest BCUT2D eigenvalue weighted by Gasteiger charge is 2.43. The number of hydrogen-bond donors (Lipinski definition) is 1. The fourth-order valence-electron chi connectivity index (χ4n) is 3.07. The first-order valence-corrected chi connectivity index (χ1v) is 6.86. The van der Waals surface area contributed by atoms with Crippen LogP contribution in [0.2, 0.25) is 0 Å². The average Bonchev–Trinajstić information content (AvgIpc) is 2.92. The second-order valence-corrected chi connectivity index (χ2v) is 5.58. The van der Waals surface area contributed by atoms with Crippen molar-refractivity contribution in [1.29, 1.82) is 5.26 Å². The minimum absolute atomic E-state index is 0.519. The molecule has 0 saturated heterocycles. The molecular formula is C17H17NO2. The standard InChI is InChI=1S/C17H17NO2/c1-12-7-9-20-15(12)16(19)17(11-18)8-6-13-4-2-3-5-14(13)10-17/h2-5,7,9,16,19H,6,8,10H2,1H3. The fraction of sp³-hybridized carbons (Fsp3) is 0.353. The number of benzene rings is 1. The minimum Gasteiger partial charge on any atom is -0.466 e. The fourth-order valence-corrected chi connectivity index (χ4v) is 3.07. The third kappa shape index (κ3) is 1.93. The highest BCUT2D eigenvalue weighted by Crippen LogP contribution is 2.45. The molecular weight excluding hydrogens is 250 g/mol. The molecule has 1 N–H and O–H groups in total. The smallest absolute Gasteiger partial charge is 0.136 e. The van der Waals surface area contributed by atoms with Gasteiger partial charge in [-0.2, -0.15) is 5.26 Å². The number of aliphatic hydroxyl groups is 1. The summed E-state index contributed by atoms with van der Waals surface area (Å²) in [5, 5.41) is 20.4. The molecule has 0 saturated carbocycles. The van der Waals surface area contributed by atoms with Crippen molar-refractivity contribution in [3.8, 4) is 6.07 Å².